The number of nitrogens with zero attached hydrogens (tertiary/aromatic N) is 3. The zero-order valence-corrected chi connectivity index (χ0v) is 11.1. The fourth-order valence-electron chi connectivity index (χ4n) is 1.85. The van der Waals surface area contributed by atoms with Crippen LogP contribution in [0.5, 0.6) is 0 Å². The number of nitrogens with one attached hydrogen (secondary N) is 1. The van der Waals surface area contributed by atoms with Crippen molar-refractivity contribution in [2.75, 3.05) is 38.7 Å². The first-order valence-electron chi connectivity index (χ1n) is 6.17. The number of hydrogen-bond acceptors (Lipinski definition) is 7. The molecule has 8 nitrogen and oxygen atoms in total. The van der Waals surface area contributed by atoms with Gasteiger partial charge in [0.2, 0.25) is 11.9 Å². The normalized spacial score (nSPS) is 19.4. The number of aromatic nitrogens is 2. The van der Waals surface area contributed by atoms with Crippen molar-refractivity contribution in [3.05, 3.63) is 18.5 Å². The molecule has 1 aliphatic heterocycles. The van der Waals surface area contributed by atoms with Gasteiger partial charge < -0.3 is 9.47 Å². The largest absolute Gasteiger partial charge is 0.467 e. The monoisotopic (exact) mass is 280 g/mol. The molecule has 0 spiro atoms. The molecular formula is C12H16N4O4. The highest BCUT2D eigenvalue weighted by molar-refractivity contribution is 5.90. The van der Waals surface area contributed by atoms with Crippen molar-refractivity contribution in [1.29, 1.82) is 0 Å². The number of ether oxygens (including phenoxy) is 2. The quantitative estimate of drug-likeness (QED) is 0.728. The Balaban J connectivity index is 1.83. The number of esters is 1. The second-order valence-electron chi connectivity index (χ2n) is 4.24. The van der Waals surface area contributed by atoms with Crippen molar-refractivity contribution in [3.8, 4) is 0 Å². The maximum Gasteiger partial charge on any atom is 0.336 e. The van der Waals surface area contributed by atoms with Crippen LogP contribution in [0.25, 0.3) is 0 Å². The summed E-state index contributed by atoms with van der Waals surface area (Å²) >= 11 is 0. The number of morpholine rings is 1. The molecule has 0 bridgehead atoms. The van der Waals surface area contributed by atoms with Gasteiger partial charge in [0.25, 0.3) is 0 Å². The minimum absolute atomic E-state index is 0.148. The molecule has 1 unspecified atom stereocenters. The van der Waals surface area contributed by atoms with Crippen LogP contribution in [-0.2, 0) is 19.1 Å². The molecule has 1 saturated heterocycles. The van der Waals surface area contributed by atoms with Crippen LogP contribution >= 0.6 is 0 Å². The summed E-state index contributed by atoms with van der Waals surface area (Å²) in [7, 11) is 1.31. The third kappa shape index (κ3) is 3.97. The molecule has 1 atom stereocenters. The van der Waals surface area contributed by atoms with E-state index in [0.29, 0.717) is 19.7 Å². The predicted molar refractivity (Wildman–Crippen MR) is 68.9 cm³/mol. The summed E-state index contributed by atoms with van der Waals surface area (Å²) in [5.74, 6) is -0.404. The molecule has 0 aromatic carbocycles. The van der Waals surface area contributed by atoms with Gasteiger partial charge in [0.15, 0.2) is 6.10 Å². The molecule has 2 heterocycles. The van der Waals surface area contributed by atoms with E-state index in [1.165, 1.54) is 7.11 Å². The van der Waals surface area contributed by atoms with Crippen LogP contribution in [0.2, 0.25) is 0 Å². The molecule has 1 aliphatic rings. The van der Waals surface area contributed by atoms with Crippen molar-refractivity contribution < 1.29 is 19.1 Å². The molecule has 0 aliphatic carbocycles. The SMILES string of the molecule is COC(=O)C1CN(CC(=O)Nc2ncccn2)CCO1. The first-order valence-corrected chi connectivity index (χ1v) is 6.17. The highest BCUT2D eigenvalue weighted by Gasteiger charge is 2.28. The van der Waals surface area contributed by atoms with E-state index in [-0.39, 0.29) is 18.4 Å². The number of carbonyl (C=O) groups excluding carboxylic acids is 2. The fraction of sp³-hybridized carbons (Fsp3) is 0.500. The Morgan fingerprint density at radius 1 is 1.50 bits per heavy atom. The summed E-state index contributed by atoms with van der Waals surface area (Å²) in [4.78, 5) is 32.9. The molecular weight excluding hydrogens is 264 g/mol. The number of rotatable bonds is 4. The van der Waals surface area contributed by atoms with Crippen molar-refractivity contribution in [2.45, 2.75) is 6.10 Å². The number of methoxy groups -OCH3 is 1. The molecule has 2 rings (SSSR count). The van der Waals surface area contributed by atoms with Crippen molar-refractivity contribution >= 4 is 17.8 Å². The molecule has 20 heavy (non-hydrogen) atoms. The molecule has 1 fully saturated rings. The lowest BCUT2D eigenvalue weighted by Crippen LogP contribution is -2.48. The van der Waals surface area contributed by atoms with Crippen LogP contribution in [0.4, 0.5) is 5.95 Å². The standard InChI is InChI=1S/C12H16N4O4/c1-19-11(18)9-7-16(5-6-20-9)8-10(17)15-12-13-3-2-4-14-12/h2-4,9H,5-8H2,1H3,(H,13,14,15,17). The average Bonchev–Trinajstić information content (AvgIpc) is 2.47. The fourth-order valence-corrected chi connectivity index (χ4v) is 1.85. The van der Waals surface area contributed by atoms with Crippen molar-refractivity contribution in [2.24, 2.45) is 0 Å². The number of anilines is 1. The Labute approximate surface area is 116 Å². The Hall–Kier alpha value is -2.06. The van der Waals surface area contributed by atoms with Gasteiger partial charge in [0.05, 0.1) is 20.3 Å². The summed E-state index contributed by atoms with van der Waals surface area (Å²) in [5, 5.41) is 2.59. The van der Waals surface area contributed by atoms with Crippen molar-refractivity contribution in [3.63, 3.8) is 0 Å². The van der Waals surface area contributed by atoms with Crippen LogP contribution in [0.3, 0.4) is 0 Å². The average molecular weight is 280 g/mol. The summed E-state index contributed by atoms with van der Waals surface area (Å²) in [6.45, 7) is 1.44. The maximum atomic E-state index is 11.8. The topological polar surface area (TPSA) is 93.7 Å². The lowest BCUT2D eigenvalue weighted by molar-refractivity contribution is -0.160. The molecule has 0 saturated carbocycles. The summed E-state index contributed by atoms with van der Waals surface area (Å²) in [6, 6.07) is 1.67. The van der Waals surface area contributed by atoms with Crippen LogP contribution < -0.4 is 5.32 Å². The highest BCUT2D eigenvalue weighted by Crippen LogP contribution is 2.06. The molecule has 1 aromatic heterocycles. The van der Waals surface area contributed by atoms with Gasteiger partial charge in [-0.2, -0.15) is 0 Å². The molecule has 1 amide bonds. The van der Waals surface area contributed by atoms with Crippen molar-refractivity contribution in [1.82, 2.24) is 14.9 Å². The van der Waals surface area contributed by atoms with Gasteiger partial charge in [-0.3, -0.25) is 15.0 Å². The first kappa shape index (κ1) is 14.4. The Morgan fingerprint density at radius 2 is 2.25 bits per heavy atom. The van der Waals surface area contributed by atoms with Gasteiger partial charge in [-0.05, 0) is 6.07 Å². The Morgan fingerprint density at radius 3 is 2.95 bits per heavy atom. The molecule has 8 heteroatoms. The van der Waals surface area contributed by atoms with E-state index in [1.807, 2.05) is 4.90 Å². The highest BCUT2D eigenvalue weighted by atomic mass is 16.6. The van der Waals surface area contributed by atoms with Gasteiger partial charge in [0, 0.05) is 25.5 Å². The summed E-state index contributed by atoms with van der Waals surface area (Å²) < 4.78 is 9.92. The maximum absolute atomic E-state index is 11.8. The first-order chi connectivity index (χ1) is 9.69. The van der Waals surface area contributed by atoms with E-state index >= 15 is 0 Å². The summed E-state index contributed by atoms with van der Waals surface area (Å²) in [5.41, 5.74) is 0. The van der Waals surface area contributed by atoms with Crippen LogP contribution in [0.15, 0.2) is 18.5 Å². The van der Waals surface area contributed by atoms with Crippen LogP contribution in [-0.4, -0.2) is 66.2 Å². The van der Waals surface area contributed by atoms with E-state index in [4.69, 9.17) is 4.74 Å². The van der Waals surface area contributed by atoms with E-state index < -0.39 is 12.1 Å². The third-order valence-corrected chi connectivity index (χ3v) is 2.80. The Bertz CT molecular complexity index is 468. The smallest absolute Gasteiger partial charge is 0.336 e. The molecule has 1 N–H and O–H groups in total. The second-order valence-corrected chi connectivity index (χ2v) is 4.24. The van der Waals surface area contributed by atoms with Gasteiger partial charge in [0.1, 0.15) is 0 Å². The number of carbonyl (C=O) groups is 2. The zero-order chi connectivity index (χ0) is 14.4. The number of hydrogen-bond donors (Lipinski definition) is 1. The van der Waals surface area contributed by atoms with E-state index in [9.17, 15) is 9.59 Å². The van der Waals surface area contributed by atoms with Crippen LogP contribution in [0.1, 0.15) is 0 Å². The van der Waals surface area contributed by atoms with Gasteiger partial charge in [-0.1, -0.05) is 0 Å². The van der Waals surface area contributed by atoms with E-state index in [2.05, 4.69) is 20.0 Å². The predicted octanol–water partition coefficient (Wildman–Crippen LogP) is -0.711. The number of amides is 1. The third-order valence-electron chi connectivity index (χ3n) is 2.80. The van der Waals surface area contributed by atoms with Crippen LogP contribution in [0, 0.1) is 0 Å². The van der Waals surface area contributed by atoms with E-state index in [1.54, 1.807) is 18.5 Å². The molecule has 0 radical (unpaired) electrons. The molecule has 1 aromatic rings. The Kier molecular flexibility index (Phi) is 4.97. The molecule has 108 valence electrons. The minimum Gasteiger partial charge on any atom is -0.467 e. The second kappa shape index (κ2) is 6.92. The summed E-state index contributed by atoms with van der Waals surface area (Å²) in [6.07, 6.45) is 2.45. The van der Waals surface area contributed by atoms with Gasteiger partial charge in [-0.25, -0.2) is 14.8 Å². The zero-order valence-electron chi connectivity index (χ0n) is 11.1. The van der Waals surface area contributed by atoms with Gasteiger partial charge in [-0.15, -0.1) is 0 Å². The lowest BCUT2D eigenvalue weighted by atomic mass is 10.2. The van der Waals surface area contributed by atoms with Gasteiger partial charge >= 0.3 is 5.97 Å². The van der Waals surface area contributed by atoms with E-state index in [0.717, 1.165) is 0 Å². The minimum atomic E-state index is -0.644. The lowest BCUT2D eigenvalue weighted by Gasteiger charge is -2.30.